The highest BCUT2D eigenvalue weighted by atomic mass is 16.5. The van der Waals surface area contributed by atoms with Gasteiger partial charge in [-0.25, -0.2) is 9.78 Å². The first-order valence-electron chi connectivity index (χ1n) is 8.34. The molecular weight excluding hydrogens is 334 g/mol. The third-order valence-corrected chi connectivity index (χ3v) is 3.69. The average Bonchev–Trinajstić information content (AvgIpc) is 3.06. The molecule has 2 N–H and O–H groups in total. The Morgan fingerprint density at radius 2 is 2.12 bits per heavy atom. The summed E-state index contributed by atoms with van der Waals surface area (Å²) >= 11 is 0. The van der Waals surface area contributed by atoms with Gasteiger partial charge in [0.1, 0.15) is 18.0 Å². The summed E-state index contributed by atoms with van der Waals surface area (Å²) in [6, 6.07) is 11.6. The molecule has 0 fully saturated rings. The number of H-pyrrole nitrogens is 1. The fraction of sp³-hybridized carbons (Fsp3) is 0.263. The maximum atomic E-state index is 11.5. The lowest BCUT2D eigenvalue weighted by molar-refractivity contribution is 0.146. The summed E-state index contributed by atoms with van der Waals surface area (Å²) in [6.45, 7) is 3.11. The Hall–Kier alpha value is -3.06. The summed E-state index contributed by atoms with van der Waals surface area (Å²) in [6.07, 6.45) is 1.09. The number of methoxy groups -OCH3 is 1. The van der Waals surface area contributed by atoms with E-state index in [4.69, 9.17) is 14.2 Å². The van der Waals surface area contributed by atoms with Crippen molar-refractivity contribution in [1.82, 2.24) is 9.97 Å². The van der Waals surface area contributed by atoms with Gasteiger partial charge in [0.15, 0.2) is 0 Å². The summed E-state index contributed by atoms with van der Waals surface area (Å²) in [5.74, 6) is 0.774. The molecule has 1 amide bonds. The molecule has 0 aliphatic heterocycles. The number of nitrogens with zero attached hydrogens (tertiary/aromatic N) is 1. The second kappa shape index (κ2) is 8.35. The van der Waals surface area contributed by atoms with Crippen molar-refractivity contribution in [2.45, 2.75) is 6.92 Å². The number of rotatable bonds is 7. The molecule has 0 atom stereocenters. The van der Waals surface area contributed by atoms with E-state index < -0.39 is 6.09 Å². The van der Waals surface area contributed by atoms with Crippen molar-refractivity contribution in [2.24, 2.45) is 0 Å². The van der Waals surface area contributed by atoms with Crippen molar-refractivity contribution in [3.05, 3.63) is 42.6 Å². The zero-order valence-corrected chi connectivity index (χ0v) is 14.7. The van der Waals surface area contributed by atoms with E-state index in [1.807, 2.05) is 36.4 Å². The second-order valence-electron chi connectivity index (χ2n) is 5.56. The lowest BCUT2D eigenvalue weighted by atomic mass is 10.1. The van der Waals surface area contributed by atoms with Crippen molar-refractivity contribution in [3.63, 3.8) is 0 Å². The molecule has 2 heterocycles. The van der Waals surface area contributed by atoms with Crippen molar-refractivity contribution in [2.75, 3.05) is 32.2 Å². The molecule has 0 aliphatic rings. The minimum absolute atomic E-state index is 0.318. The van der Waals surface area contributed by atoms with Crippen LogP contribution in [-0.2, 0) is 9.47 Å². The lowest BCUT2D eigenvalue weighted by Crippen LogP contribution is -2.13. The largest absolute Gasteiger partial charge is 0.491 e. The van der Waals surface area contributed by atoms with Crippen LogP contribution in [0.15, 0.2) is 42.6 Å². The summed E-state index contributed by atoms with van der Waals surface area (Å²) in [5, 5.41) is 3.54. The smallest absolute Gasteiger partial charge is 0.411 e. The van der Waals surface area contributed by atoms with E-state index in [-0.39, 0.29) is 0 Å². The third kappa shape index (κ3) is 4.31. The molecule has 0 saturated carbocycles. The molecule has 2 aromatic heterocycles. The number of aromatic amines is 1. The van der Waals surface area contributed by atoms with Gasteiger partial charge in [-0.15, -0.1) is 0 Å². The predicted molar refractivity (Wildman–Crippen MR) is 99.5 cm³/mol. The number of carbonyl (C=O) groups excluding carboxylic acids is 1. The predicted octanol–water partition coefficient (Wildman–Crippen LogP) is 3.82. The fourth-order valence-corrected chi connectivity index (χ4v) is 2.52. The van der Waals surface area contributed by atoms with E-state index in [9.17, 15) is 4.79 Å². The van der Waals surface area contributed by atoms with Gasteiger partial charge in [-0.3, -0.25) is 5.32 Å². The zero-order chi connectivity index (χ0) is 18.4. The topological polar surface area (TPSA) is 85.5 Å². The van der Waals surface area contributed by atoms with E-state index in [0.717, 1.165) is 28.0 Å². The van der Waals surface area contributed by atoms with Gasteiger partial charge in [0.05, 0.1) is 25.1 Å². The van der Waals surface area contributed by atoms with E-state index in [1.165, 1.54) is 0 Å². The molecule has 0 bridgehead atoms. The molecule has 7 heteroatoms. The number of benzene rings is 1. The van der Waals surface area contributed by atoms with E-state index in [1.54, 1.807) is 20.2 Å². The quantitative estimate of drug-likeness (QED) is 0.629. The molecule has 0 radical (unpaired) electrons. The minimum atomic E-state index is -0.495. The highest BCUT2D eigenvalue weighted by molar-refractivity contribution is 5.90. The Morgan fingerprint density at radius 3 is 2.92 bits per heavy atom. The van der Waals surface area contributed by atoms with Crippen molar-refractivity contribution < 1.29 is 19.0 Å². The number of aromatic nitrogens is 2. The SMILES string of the molecule is CCOC(=O)Nc1cnc2[nH]c(-c3cccc(OCCOC)c3)cc2c1. The number of hydrogen-bond donors (Lipinski definition) is 2. The summed E-state index contributed by atoms with van der Waals surface area (Å²) in [7, 11) is 1.64. The molecule has 0 aliphatic carbocycles. The summed E-state index contributed by atoms with van der Waals surface area (Å²) in [4.78, 5) is 19.2. The summed E-state index contributed by atoms with van der Waals surface area (Å²) < 4.78 is 15.5. The zero-order valence-electron chi connectivity index (χ0n) is 14.7. The summed E-state index contributed by atoms with van der Waals surface area (Å²) in [5.41, 5.74) is 3.22. The number of hydrogen-bond acceptors (Lipinski definition) is 5. The van der Waals surface area contributed by atoms with Gasteiger partial charge < -0.3 is 19.2 Å². The monoisotopic (exact) mass is 355 g/mol. The van der Waals surface area contributed by atoms with Gasteiger partial charge in [0, 0.05) is 23.8 Å². The molecular formula is C19H21N3O4. The molecule has 7 nitrogen and oxygen atoms in total. The van der Waals surface area contributed by atoms with Crippen LogP contribution in [0.5, 0.6) is 5.75 Å². The molecule has 136 valence electrons. The van der Waals surface area contributed by atoms with Crippen LogP contribution in [0, 0.1) is 0 Å². The van der Waals surface area contributed by atoms with Gasteiger partial charge in [-0.2, -0.15) is 0 Å². The number of fused-ring (bicyclic) bond motifs is 1. The van der Waals surface area contributed by atoms with Gasteiger partial charge in [0.2, 0.25) is 0 Å². The number of ether oxygens (including phenoxy) is 3. The van der Waals surface area contributed by atoms with Crippen LogP contribution in [0.2, 0.25) is 0 Å². The van der Waals surface area contributed by atoms with Gasteiger partial charge in [-0.05, 0) is 31.2 Å². The number of anilines is 1. The van der Waals surface area contributed by atoms with Gasteiger partial charge >= 0.3 is 6.09 Å². The van der Waals surface area contributed by atoms with Crippen molar-refractivity contribution in [3.8, 4) is 17.0 Å². The average molecular weight is 355 g/mol. The molecule has 0 spiro atoms. The van der Waals surface area contributed by atoms with Crippen molar-refractivity contribution >= 4 is 22.8 Å². The molecule has 0 unspecified atom stereocenters. The van der Waals surface area contributed by atoms with Crippen LogP contribution < -0.4 is 10.1 Å². The maximum absolute atomic E-state index is 11.5. The molecule has 3 rings (SSSR count). The Balaban J connectivity index is 1.80. The fourth-order valence-electron chi connectivity index (χ4n) is 2.52. The highest BCUT2D eigenvalue weighted by Gasteiger charge is 2.08. The van der Waals surface area contributed by atoms with Crippen LogP contribution >= 0.6 is 0 Å². The number of amides is 1. The highest BCUT2D eigenvalue weighted by Crippen LogP contribution is 2.27. The van der Waals surface area contributed by atoms with Crippen LogP contribution in [0.4, 0.5) is 10.5 Å². The minimum Gasteiger partial charge on any atom is -0.491 e. The van der Waals surface area contributed by atoms with Crippen LogP contribution in [0.25, 0.3) is 22.3 Å². The normalized spacial score (nSPS) is 10.7. The molecule has 1 aromatic carbocycles. The molecule has 3 aromatic rings. The number of carbonyl (C=O) groups is 1. The lowest BCUT2D eigenvalue weighted by Gasteiger charge is -2.06. The van der Waals surface area contributed by atoms with Gasteiger partial charge in [-0.1, -0.05) is 12.1 Å². The maximum Gasteiger partial charge on any atom is 0.411 e. The van der Waals surface area contributed by atoms with E-state index in [2.05, 4.69) is 15.3 Å². The Labute approximate surface area is 151 Å². The standard InChI is InChI=1S/C19H21N3O4/c1-3-25-19(23)21-15-9-14-11-17(22-18(14)20-12-15)13-5-4-6-16(10-13)26-8-7-24-2/h4-6,9-12H,3,7-8H2,1-2H3,(H,20,22)(H,21,23). The van der Waals surface area contributed by atoms with Crippen molar-refractivity contribution in [1.29, 1.82) is 0 Å². The Kier molecular flexibility index (Phi) is 5.70. The second-order valence-corrected chi connectivity index (χ2v) is 5.56. The number of pyridine rings is 1. The van der Waals surface area contributed by atoms with Crippen LogP contribution in [0.1, 0.15) is 6.92 Å². The molecule has 26 heavy (non-hydrogen) atoms. The molecule has 0 saturated heterocycles. The Morgan fingerprint density at radius 1 is 1.23 bits per heavy atom. The first-order chi connectivity index (χ1) is 12.7. The third-order valence-electron chi connectivity index (χ3n) is 3.69. The first-order valence-corrected chi connectivity index (χ1v) is 8.34. The van der Waals surface area contributed by atoms with E-state index in [0.29, 0.717) is 25.5 Å². The van der Waals surface area contributed by atoms with Crippen LogP contribution in [0.3, 0.4) is 0 Å². The first kappa shape index (κ1) is 17.8. The van der Waals surface area contributed by atoms with E-state index >= 15 is 0 Å². The van der Waals surface area contributed by atoms with Crippen LogP contribution in [-0.4, -0.2) is 43.0 Å². The van der Waals surface area contributed by atoms with Gasteiger partial charge in [0.25, 0.3) is 0 Å². The number of nitrogens with one attached hydrogen (secondary N) is 2. The Bertz CT molecular complexity index is 891.